The van der Waals surface area contributed by atoms with Gasteiger partial charge in [0.1, 0.15) is 12.2 Å². The molecule has 0 unspecified atom stereocenters. The zero-order valence-corrected chi connectivity index (χ0v) is 12.1. The molecule has 1 fully saturated rings. The fourth-order valence-corrected chi connectivity index (χ4v) is 2.23. The Morgan fingerprint density at radius 1 is 1.32 bits per heavy atom. The van der Waals surface area contributed by atoms with Gasteiger partial charge in [-0.2, -0.15) is 0 Å². The zero-order chi connectivity index (χ0) is 14.3. The molecule has 0 aromatic heterocycles. The van der Waals surface area contributed by atoms with Crippen molar-refractivity contribution >= 4 is 11.8 Å². The first-order valence-electron chi connectivity index (χ1n) is 6.95. The number of esters is 1. The van der Waals surface area contributed by atoms with Gasteiger partial charge in [-0.3, -0.25) is 9.59 Å². The Morgan fingerprint density at radius 3 is 2.53 bits per heavy atom. The van der Waals surface area contributed by atoms with Crippen LogP contribution < -0.4 is 0 Å². The van der Waals surface area contributed by atoms with Crippen molar-refractivity contribution in [2.75, 3.05) is 13.7 Å². The number of rotatable bonds is 8. The van der Waals surface area contributed by atoms with Crippen LogP contribution in [0.4, 0.5) is 0 Å². The van der Waals surface area contributed by atoms with Gasteiger partial charge in [0.15, 0.2) is 5.79 Å². The number of ketones is 1. The first kappa shape index (κ1) is 16.1. The second-order valence-corrected chi connectivity index (χ2v) is 4.85. The van der Waals surface area contributed by atoms with Gasteiger partial charge in [-0.25, -0.2) is 0 Å². The summed E-state index contributed by atoms with van der Waals surface area (Å²) >= 11 is 0. The highest BCUT2D eigenvalue weighted by atomic mass is 16.7. The third-order valence-electron chi connectivity index (χ3n) is 3.54. The van der Waals surface area contributed by atoms with Crippen LogP contribution >= 0.6 is 0 Å². The summed E-state index contributed by atoms with van der Waals surface area (Å²) in [5.74, 6) is -0.981. The second-order valence-electron chi connectivity index (χ2n) is 4.85. The summed E-state index contributed by atoms with van der Waals surface area (Å²) in [5.41, 5.74) is 0. The molecule has 1 heterocycles. The molecule has 1 saturated heterocycles. The maximum atomic E-state index is 11.5. The molecule has 0 radical (unpaired) electrons. The first-order valence-corrected chi connectivity index (χ1v) is 6.95. The van der Waals surface area contributed by atoms with E-state index in [9.17, 15) is 9.59 Å². The molecule has 0 aromatic rings. The number of hydrogen-bond donors (Lipinski definition) is 0. The third kappa shape index (κ3) is 4.91. The van der Waals surface area contributed by atoms with Gasteiger partial charge in [0.2, 0.25) is 0 Å². The van der Waals surface area contributed by atoms with Crippen LogP contribution in [-0.2, 0) is 23.8 Å². The Kier molecular flexibility index (Phi) is 6.45. The molecule has 1 aliphatic heterocycles. The SMILES string of the molecule is CCC1(CC)OC[C@H](CCCC(=O)CC(=O)OC)O1. The van der Waals surface area contributed by atoms with Crippen molar-refractivity contribution in [3.8, 4) is 0 Å². The molecule has 110 valence electrons. The molecule has 0 spiro atoms. The summed E-state index contributed by atoms with van der Waals surface area (Å²) in [4.78, 5) is 22.4. The van der Waals surface area contributed by atoms with E-state index in [1.165, 1.54) is 7.11 Å². The van der Waals surface area contributed by atoms with Crippen LogP contribution in [0, 0.1) is 0 Å². The minimum absolute atomic E-state index is 0.0610. The van der Waals surface area contributed by atoms with Crippen LogP contribution in [0.25, 0.3) is 0 Å². The largest absolute Gasteiger partial charge is 0.469 e. The van der Waals surface area contributed by atoms with Gasteiger partial charge in [0.25, 0.3) is 0 Å². The van der Waals surface area contributed by atoms with E-state index < -0.39 is 11.8 Å². The Balaban J connectivity index is 2.21. The normalized spacial score (nSPS) is 21.3. The lowest BCUT2D eigenvalue weighted by Crippen LogP contribution is -2.28. The Hall–Kier alpha value is -0.940. The number of Topliss-reactive ketones (excluding diaryl/α,β-unsaturated/α-hetero) is 1. The highest BCUT2D eigenvalue weighted by molar-refractivity contribution is 5.95. The van der Waals surface area contributed by atoms with E-state index in [0.29, 0.717) is 19.4 Å². The molecule has 1 rings (SSSR count). The minimum atomic E-state index is -0.471. The maximum Gasteiger partial charge on any atom is 0.313 e. The van der Waals surface area contributed by atoms with E-state index in [1.807, 2.05) is 13.8 Å². The molecule has 19 heavy (non-hydrogen) atoms. The molecule has 0 aromatic carbocycles. The standard InChI is InChI=1S/C14H24O5/c1-4-14(5-2)18-10-12(19-14)8-6-7-11(15)9-13(16)17-3/h12H,4-10H2,1-3H3/t12-/m0/s1. The molecule has 1 atom stereocenters. The van der Waals surface area contributed by atoms with Crippen molar-refractivity contribution in [1.29, 1.82) is 0 Å². The van der Waals surface area contributed by atoms with Crippen molar-refractivity contribution in [3.63, 3.8) is 0 Å². The van der Waals surface area contributed by atoms with Crippen LogP contribution in [0.5, 0.6) is 0 Å². The Morgan fingerprint density at radius 2 is 2.00 bits per heavy atom. The summed E-state index contributed by atoms with van der Waals surface area (Å²) in [6, 6.07) is 0. The molecule has 0 N–H and O–H groups in total. The van der Waals surface area contributed by atoms with Crippen molar-refractivity contribution in [3.05, 3.63) is 0 Å². The lowest BCUT2D eigenvalue weighted by atomic mass is 10.1. The van der Waals surface area contributed by atoms with Gasteiger partial charge in [0.05, 0.1) is 19.8 Å². The smallest absolute Gasteiger partial charge is 0.313 e. The van der Waals surface area contributed by atoms with Gasteiger partial charge >= 0.3 is 5.97 Å². The predicted octanol–water partition coefficient (Wildman–Crippen LogP) is 2.22. The van der Waals surface area contributed by atoms with Gasteiger partial charge in [0, 0.05) is 6.42 Å². The fourth-order valence-electron chi connectivity index (χ4n) is 2.23. The minimum Gasteiger partial charge on any atom is -0.469 e. The van der Waals surface area contributed by atoms with E-state index in [0.717, 1.165) is 19.3 Å². The predicted molar refractivity (Wildman–Crippen MR) is 69.6 cm³/mol. The van der Waals surface area contributed by atoms with E-state index in [2.05, 4.69) is 4.74 Å². The zero-order valence-electron chi connectivity index (χ0n) is 12.1. The van der Waals surface area contributed by atoms with Crippen molar-refractivity contribution in [1.82, 2.24) is 0 Å². The number of carbonyl (C=O) groups is 2. The van der Waals surface area contributed by atoms with Crippen LogP contribution in [0.3, 0.4) is 0 Å². The number of methoxy groups -OCH3 is 1. The summed E-state index contributed by atoms with van der Waals surface area (Å²) in [7, 11) is 1.29. The topological polar surface area (TPSA) is 61.8 Å². The summed E-state index contributed by atoms with van der Waals surface area (Å²) < 4.78 is 16.1. The lowest BCUT2D eigenvalue weighted by Gasteiger charge is -2.24. The van der Waals surface area contributed by atoms with Crippen LogP contribution in [0.1, 0.15) is 52.4 Å². The lowest BCUT2D eigenvalue weighted by molar-refractivity contribution is -0.172. The maximum absolute atomic E-state index is 11.5. The number of carbonyl (C=O) groups excluding carboxylic acids is 2. The quantitative estimate of drug-likeness (QED) is 0.501. The summed E-state index contributed by atoms with van der Waals surface area (Å²) in [6.07, 6.45) is 3.49. The van der Waals surface area contributed by atoms with E-state index >= 15 is 0 Å². The summed E-state index contributed by atoms with van der Waals surface area (Å²) in [5, 5.41) is 0. The molecule has 5 nitrogen and oxygen atoms in total. The molecular weight excluding hydrogens is 248 g/mol. The molecule has 5 heteroatoms. The monoisotopic (exact) mass is 272 g/mol. The molecule has 0 saturated carbocycles. The van der Waals surface area contributed by atoms with Crippen LogP contribution in [0.15, 0.2) is 0 Å². The first-order chi connectivity index (χ1) is 9.05. The van der Waals surface area contributed by atoms with E-state index in [-0.39, 0.29) is 18.3 Å². The Labute approximate surface area is 114 Å². The van der Waals surface area contributed by atoms with Crippen molar-refractivity contribution < 1.29 is 23.8 Å². The highest BCUT2D eigenvalue weighted by Crippen LogP contribution is 2.31. The Bertz CT molecular complexity index is 309. The fraction of sp³-hybridized carbons (Fsp3) is 0.857. The van der Waals surface area contributed by atoms with Gasteiger partial charge in [-0.1, -0.05) is 13.8 Å². The van der Waals surface area contributed by atoms with E-state index in [1.54, 1.807) is 0 Å². The number of hydrogen-bond acceptors (Lipinski definition) is 5. The molecule has 1 aliphatic rings. The molecule has 0 aliphatic carbocycles. The van der Waals surface area contributed by atoms with Crippen LogP contribution in [0.2, 0.25) is 0 Å². The summed E-state index contributed by atoms with van der Waals surface area (Å²) in [6.45, 7) is 4.68. The molecular formula is C14H24O5. The van der Waals surface area contributed by atoms with E-state index in [4.69, 9.17) is 9.47 Å². The highest BCUT2D eigenvalue weighted by Gasteiger charge is 2.37. The van der Waals surface area contributed by atoms with Crippen molar-refractivity contribution in [2.45, 2.75) is 64.3 Å². The molecule has 0 bridgehead atoms. The van der Waals surface area contributed by atoms with Gasteiger partial charge < -0.3 is 14.2 Å². The van der Waals surface area contributed by atoms with Crippen LogP contribution in [-0.4, -0.2) is 37.4 Å². The van der Waals surface area contributed by atoms with Crippen molar-refractivity contribution in [2.24, 2.45) is 0 Å². The average molecular weight is 272 g/mol. The average Bonchev–Trinajstić information content (AvgIpc) is 2.83. The van der Waals surface area contributed by atoms with Gasteiger partial charge in [-0.05, 0) is 25.7 Å². The second kappa shape index (κ2) is 7.60. The third-order valence-corrected chi connectivity index (χ3v) is 3.54. The number of ether oxygens (including phenoxy) is 3. The van der Waals surface area contributed by atoms with Gasteiger partial charge in [-0.15, -0.1) is 0 Å². The molecule has 0 amide bonds.